The van der Waals surface area contributed by atoms with Gasteiger partial charge in [-0.15, -0.1) is 56.7 Å². The lowest BCUT2D eigenvalue weighted by Crippen LogP contribution is -2.40. The number of carbonyl (C=O) groups excluding carboxylic acids is 6. The van der Waals surface area contributed by atoms with Crippen LogP contribution in [-0.2, 0) is 30.5 Å². The van der Waals surface area contributed by atoms with Gasteiger partial charge in [-0.25, -0.2) is 39.7 Å². The highest BCUT2D eigenvalue weighted by Crippen LogP contribution is 2.40. The normalized spacial score (nSPS) is 15.6. The number of rotatable bonds is 10. The largest absolute Gasteiger partial charge is 0.478 e. The van der Waals surface area contributed by atoms with Gasteiger partial charge in [-0.3, -0.25) is 34.1 Å². The molecule has 0 saturated carbocycles. The number of thiazole rings is 6. The molecule has 388 valence electrons. The van der Waals surface area contributed by atoms with Gasteiger partial charge in [0.15, 0.2) is 5.13 Å². The highest BCUT2D eigenvalue weighted by molar-refractivity contribution is 7.16. The molecule has 0 radical (unpaired) electrons. The van der Waals surface area contributed by atoms with Crippen LogP contribution in [0.4, 0.5) is 10.9 Å². The number of aryl methyl sites for hydroxylation is 1. The number of aromatic nitrogens is 7. The van der Waals surface area contributed by atoms with Crippen molar-refractivity contribution < 1.29 is 48.5 Å². The van der Waals surface area contributed by atoms with E-state index in [9.17, 15) is 38.7 Å². The van der Waals surface area contributed by atoms with Gasteiger partial charge in [0, 0.05) is 58.3 Å². The number of pyridine rings is 1. The Kier molecular flexibility index (Phi) is 16.3. The van der Waals surface area contributed by atoms with E-state index in [1.807, 2.05) is 0 Å². The molecule has 8 N–H and O–H groups in total. The molecule has 6 amide bonds. The Morgan fingerprint density at radius 1 is 0.750 bits per heavy atom. The lowest BCUT2D eigenvalue weighted by molar-refractivity contribution is -0.131. The van der Waals surface area contributed by atoms with Crippen LogP contribution in [0.3, 0.4) is 0 Å². The van der Waals surface area contributed by atoms with Gasteiger partial charge in [-0.1, -0.05) is 41.7 Å². The van der Waals surface area contributed by atoms with E-state index >= 15 is 0 Å². The third kappa shape index (κ3) is 12.1. The number of benzene rings is 1. The van der Waals surface area contributed by atoms with E-state index in [0.717, 1.165) is 62.8 Å². The molecule has 76 heavy (non-hydrogen) atoms. The van der Waals surface area contributed by atoms with Crippen molar-refractivity contribution in [2.45, 2.75) is 38.1 Å². The zero-order valence-corrected chi connectivity index (χ0v) is 44.5. The summed E-state index contributed by atoms with van der Waals surface area (Å²) in [5.41, 5.74) is 2.30. The van der Waals surface area contributed by atoms with Gasteiger partial charge >= 0.3 is 5.97 Å². The number of nitrogens with zero attached hydrogens (tertiary/aromatic N) is 7. The Labute approximate surface area is 453 Å². The number of carboxylic acids is 1. The fourth-order valence-electron chi connectivity index (χ4n) is 7.29. The van der Waals surface area contributed by atoms with E-state index in [4.69, 9.17) is 29.8 Å². The standard InChI is InChI=1S/C47H39N13O10S6/c1-20-34-41(69)60-47-59-36(28(76-47)15-70-3)40(68)49-14-32(63)57-37(38(66)21-7-5-4-6-8-21)46-54-27(18-73-46)44-52-25(16-72-44)35-22(9-10-23(50-35)43-56-29(19-74-43)55-30(61)11-12-33(64)65)42-53-26(17-71-42)39(67)51-24(13-31(62)48-2)45(58-34)75-20/h4-12,16-19,24,37-38,66H,13-15H2,1-3H3,(H,48,62)(H,49,68)(H,51,67)(H,55,61)(H,57,63)(H,64,65)(H,59,60,69)/b12-11-/t24-,37-,38-/m0/s1. The molecule has 3 atom stereocenters. The summed E-state index contributed by atoms with van der Waals surface area (Å²) < 4.78 is 5.32. The molecule has 23 nitrogen and oxygen atoms in total. The number of fused-ring (bicyclic) bond motifs is 14. The number of anilines is 2. The van der Waals surface area contributed by atoms with Crippen LogP contribution in [0.5, 0.6) is 0 Å². The molecule has 8 aromatic rings. The topological polar surface area (TPSA) is 332 Å². The van der Waals surface area contributed by atoms with Crippen LogP contribution < -0.4 is 31.9 Å². The fraction of sp³-hybridized carbons (Fsp3) is 0.191. The van der Waals surface area contributed by atoms with Crippen LogP contribution in [0.15, 0.2) is 76.1 Å². The number of aliphatic hydroxyl groups is 1. The molecule has 0 aliphatic carbocycles. The lowest BCUT2D eigenvalue weighted by atomic mass is 10.0. The molecule has 1 aromatic carbocycles. The first-order valence-electron chi connectivity index (χ1n) is 22.3. The van der Waals surface area contributed by atoms with E-state index in [1.165, 1.54) is 25.5 Å². The minimum Gasteiger partial charge on any atom is -0.478 e. The Hall–Kier alpha value is -7.90. The van der Waals surface area contributed by atoms with Crippen molar-refractivity contribution in [2.24, 2.45) is 0 Å². The average Bonchev–Trinajstić information content (AvgIpc) is 4.29. The van der Waals surface area contributed by atoms with Gasteiger partial charge in [0.1, 0.15) is 77.2 Å². The summed E-state index contributed by atoms with van der Waals surface area (Å²) in [6.45, 7) is 1.05. The summed E-state index contributed by atoms with van der Waals surface area (Å²) in [5, 5.41) is 45.1. The van der Waals surface area contributed by atoms with Gasteiger partial charge < -0.3 is 41.5 Å². The van der Waals surface area contributed by atoms with E-state index in [2.05, 4.69) is 46.9 Å². The minimum atomic E-state index is -1.29. The summed E-state index contributed by atoms with van der Waals surface area (Å²) >= 11 is 6.77. The number of ether oxygens (including phenoxy) is 1. The number of hydrogen-bond acceptors (Lipinski definition) is 22. The second-order valence-corrected chi connectivity index (χ2v) is 21.8. The maximum atomic E-state index is 14.1. The Bertz CT molecular complexity index is 3560. The van der Waals surface area contributed by atoms with Crippen LogP contribution in [0.1, 0.15) is 81.4 Å². The van der Waals surface area contributed by atoms with Gasteiger partial charge in [0.2, 0.25) is 17.7 Å². The maximum Gasteiger partial charge on any atom is 0.328 e. The predicted octanol–water partition coefficient (Wildman–Crippen LogP) is 6.02. The van der Waals surface area contributed by atoms with Crippen molar-refractivity contribution in [3.63, 3.8) is 0 Å². The first-order valence-corrected chi connectivity index (χ1v) is 27.5. The highest BCUT2D eigenvalue weighted by Gasteiger charge is 2.31. The SMILES string of the molecule is CNC(=O)C[C@@H]1NC(=O)c2csc(n2)-c2ccc(-c3nc(NC(=O)/C=C\C(=O)O)cs3)nc2-c2csc(n2)-c2csc(n2)[C@H]([C@@H](O)c2ccccc2)NC(=O)CNC(=O)c2nc(sc2COC)NC(=O)c2nc1sc2C. The molecular weight excluding hydrogens is 1100 g/mol. The van der Waals surface area contributed by atoms with Crippen molar-refractivity contribution >= 4 is 120 Å². The Morgan fingerprint density at radius 3 is 2.26 bits per heavy atom. The third-order valence-electron chi connectivity index (χ3n) is 10.9. The lowest BCUT2D eigenvalue weighted by Gasteiger charge is -2.23. The summed E-state index contributed by atoms with van der Waals surface area (Å²) in [6.07, 6.45) is 0.0330. The van der Waals surface area contributed by atoms with E-state index in [1.54, 1.807) is 70.9 Å². The summed E-state index contributed by atoms with van der Waals surface area (Å²) in [4.78, 5) is 125. The molecule has 9 rings (SSSR count). The zero-order chi connectivity index (χ0) is 53.6. The molecular formula is C47H39N13O10S6. The fourth-order valence-corrected chi connectivity index (χ4v) is 12.5. The number of methoxy groups -OCH3 is 1. The van der Waals surface area contributed by atoms with E-state index < -0.39 is 66.1 Å². The molecule has 8 heterocycles. The molecule has 0 spiro atoms. The molecule has 0 saturated heterocycles. The van der Waals surface area contributed by atoms with E-state index in [0.29, 0.717) is 69.8 Å². The van der Waals surface area contributed by atoms with E-state index in [-0.39, 0.29) is 46.1 Å². The predicted molar refractivity (Wildman–Crippen MR) is 285 cm³/mol. The number of nitrogens with one attached hydrogen (secondary N) is 6. The quantitative estimate of drug-likeness (QED) is 0.0726. The number of carbonyl (C=O) groups is 7. The Morgan fingerprint density at radius 2 is 1.49 bits per heavy atom. The van der Waals surface area contributed by atoms with Crippen molar-refractivity contribution in [2.75, 3.05) is 31.3 Å². The van der Waals surface area contributed by atoms with Gasteiger partial charge in [-0.05, 0) is 24.6 Å². The first-order chi connectivity index (χ1) is 36.6. The van der Waals surface area contributed by atoms with Crippen LogP contribution in [-0.4, -0.2) is 107 Å². The molecule has 1 aliphatic heterocycles. The molecule has 0 fully saturated rings. The van der Waals surface area contributed by atoms with Crippen molar-refractivity contribution in [1.29, 1.82) is 0 Å². The molecule has 7 aromatic heterocycles. The molecule has 1 aliphatic rings. The van der Waals surface area contributed by atoms with Gasteiger partial charge in [0.05, 0.1) is 36.2 Å². The van der Waals surface area contributed by atoms with Crippen LogP contribution in [0.25, 0.3) is 43.4 Å². The van der Waals surface area contributed by atoms with Gasteiger partial charge in [-0.2, -0.15) is 0 Å². The number of aliphatic carboxylic acids is 1. The second kappa shape index (κ2) is 23.3. The summed E-state index contributed by atoms with van der Waals surface area (Å²) in [7, 11) is 2.87. The Balaban J connectivity index is 1.12. The van der Waals surface area contributed by atoms with Gasteiger partial charge in [0.25, 0.3) is 17.7 Å². The molecule has 0 unspecified atom stereocenters. The zero-order valence-electron chi connectivity index (χ0n) is 39.6. The average molecular weight is 1140 g/mol. The highest BCUT2D eigenvalue weighted by atomic mass is 32.1. The minimum absolute atomic E-state index is 0.00244. The number of aliphatic hydroxyl groups excluding tert-OH is 1. The van der Waals surface area contributed by atoms with Crippen molar-refractivity contribution in [1.82, 2.24) is 56.2 Å². The number of hydrogen-bond donors (Lipinski definition) is 8. The summed E-state index contributed by atoms with van der Waals surface area (Å²) in [6, 6.07) is 9.98. The number of amides is 6. The first kappa shape index (κ1) is 52.9. The second-order valence-electron chi connectivity index (χ2n) is 16.1. The number of carboxylic acid groups (broad SMARTS) is 1. The van der Waals surface area contributed by atoms with Crippen LogP contribution >= 0.6 is 68.0 Å². The monoisotopic (exact) mass is 1140 g/mol. The van der Waals surface area contributed by atoms with Crippen molar-refractivity contribution in [3.8, 4) is 43.4 Å². The third-order valence-corrected chi connectivity index (χ3v) is 16.4. The maximum absolute atomic E-state index is 14.1. The van der Waals surface area contributed by atoms with Crippen LogP contribution in [0.2, 0.25) is 0 Å². The summed E-state index contributed by atoms with van der Waals surface area (Å²) in [5.74, 6) is -5.01. The van der Waals surface area contributed by atoms with Crippen LogP contribution in [0, 0.1) is 6.92 Å². The smallest absolute Gasteiger partial charge is 0.328 e. The molecule has 29 heteroatoms. The van der Waals surface area contributed by atoms with Crippen molar-refractivity contribution in [3.05, 3.63) is 119 Å². The molecule has 10 bridgehead atoms.